The van der Waals surface area contributed by atoms with Gasteiger partial charge in [-0.1, -0.05) is 47.5 Å². The number of para-hydroxylation sites is 2. The highest BCUT2D eigenvalue weighted by Crippen LogP contribution is 2.33. The second-order valence-corrected chi connectivity index (χ2v) is 5.38. The fourth-order valence-corrected chi connectivity index (χ4v) is 2.57. The number of nitrogen functional groups attached to an aromatic ring is 1. The van der Waals surface area contributed by atoms with Crippen molar-refractivity contribution in [2.45, 2.75) is 6.61 Å². The van der Waals surface area contributed by atoms with Crippen LogP contribution in [0.4, 0.5) is 5.82 Å². The monoisotopic (exact) mass is 318 g/mol. The van der Waals surface area contributed by atoms with E-state index in [1.807, 2.05) is 30.3 Å². The second-order valence-electron chi connectivity index (χ2n) is 4.56. The Bertz CT molecular complexity index is 785. The molecule has 0 radical (unpaired) electrons. The van der Waals surface area contributed by atoms with Gasteiger partial charge in [-0.05, 0) is 24.3 Å². The molecule has 2 aromatic carbocycles. The Morgan fingerprint density at radius 1 is 1.00 bits per heavy atom. The van der Waals surface area contributed by atoms with E-state index >= 15 is 0 Å². The van der Waals surface area contributed by atoms with Crippen LogP contribution in [0, 0.1) is 0 Å². The molecule has 0 spiro atoms. The maximum absolute atomic E-state index is 6.07. The molecule has 0 aliphatic heterocycles. The summed E-state index contributed by atoms with van der Waals surface area (Å²) in [6.45, 7) is 0.257. The number of ether oxygens (including phenoxy) is 1. The molecular weight excluding hydrogens is 307 g/mol. The van der Waals surface area contributed by atoms with Gasteiger partial charge in [0.15, 0.2) is 5.75 Å². The fraction of sp³-hybridized carbons (Fsp3) is 0.0625. The van der Waals surface area contributed by atoms with Gasteiger partial charge in [0.25, 0.3) is 0 Å². The summed E-state index contributed by atoms with van der Waals surface area (Å²) in [6, 6.07) is 15.0. The van der Waals surface area contributed by atoms with Gasteiger partial charge in [0.05, 0.1) is 15.6 Å². The van der Waals surface area contributed by atoms with Gasteiger partial charge in [0.1, 0.15) is 12.4 Å². The standard InChI is InChI=1S/C16H12Cl2N2O/c17-12-5-3-6-13(18)15(12)21-9-11-8-10-4-1-2-7-14(10)20-16(11)19/h1-8H,9H2,(H2,19,20). The lowest BCUT2D eigenvalue weighted by molar-refractivity contribution is 0.307. The van der Waals surface area contributed by atoms with Crippen molar-refractivity contribution in [2.24, 2.45) is 0 Å². The lowest BCUT2D eigenvalue weighted by Crippen LogP contribution is -2.03. The van der Waals surface area contributed by atoms with Crippen LogP contribution in [0.15, 0.2) is 48.5 Å². The number of halogens is 2. The first-order valence-corrected chi connectivity index (χ1v) is 7.11. The molecule has 0 aliphatic carbocycles. The predicted octanol–water partition coefficient (Wildman–Crippen LogP) is 4.70. The molecule has 106 valence electrons. The van der Waals surface area contributed by atoms with Gasteiger partial charge >= 0.3 is 0 Å². The molecular formula is C16H12Cl2N2O. The minimum atomic E-state index is 0.257. The zero-order chi connectivity index (χ0) is 14.8. The number of nitrogens with zero attached hydrogens (tertiary/aromatic N) is 1. The van der Waals surface area contributed by atoms with Crippen LogP contribution in [0.5, 0.6) is 5.75 Å². The maximum Gasteiger partial charge on any atom is 0.156 e. The highest BCUT2D eigenvalue weighted by atomic mass is 35.5. The van der Waals surface area contributed by atoms with Crippen molar-refractivity contribution in [3.05, 3.63) is 64.1 Å². The highest BCUT2D eigenvalue weighted by molar-refractivity contribution is 6.37. The Kier molecular flexibility index (Phi) is 3.86. The molecule has 3 aromatic rings. The molecule has 0 atom stereocenters. The normalized spacial score (nSPS) is 10.8. The summed E-state index contributed by atoms with van der Waals surface area (Å²) in [4.78, 5) is 4.36. The number of hydrogen-bond donors (Lipinski definition) is 1. The van der Waals surface area contributed by atoms with Gasteiger partial charge in [0.2, 0.25) is 0 Å². The van der Waals surface area contributed by atoms with E-state index in [-0.39, 0.29) is 6.61 Å². The first kappa shape index (κ1) is 14.0. The Morgan fingerprint density at radius 3 is 2.48 bits per heavy atom. The number of anilines is 1. The lowest BCUT2D eigenvalue weighted by Gasteiger charge is -2.11. The maximum atomic E-state index is 6.07. The third-order valence-electron chi connectivity index (χ3n) is 3.13. The Hall–Kier alpha value is -1.97. The number of rotatable bonds is 3. The van der Waals surface area contributed by atoms with Crippen LogP contribution in [0.3, 0.4) is 0 Å². The third-order valence-corrected chi connectivity index (χ3v) is 3.72. The first-order chi connectivity index (χ1) is 10.1. The van der Waals surface area contributed by atoms with Crippen LogP contribution >= 0.6 is 23.2 Å². The molecule has 0 unspecified atom stereocenters. The Morgan fingerprint density at radius 2 is 1.71 bits per heavy atom. The molecule has 21 heavy (non-hydrogen) atoms. The van der Waals surface area contributed by atoms with Crippen molar-refractivity contribution >= 4 is 39.9 Å². The minimum Gasteiger partial charge on any atom is -0.486 e. The van der Waals surface area contributed by atoms with Crippen molar-refractivity contribution in [3.63, 3.8) is 0 Å². The third kappa shape index (κ3) is 2.89. The largest absolute Gasteiger partial charge is 0.486 e. The van der Waals surface area contributed by atoms with E-state index in [4.69, 9.17) is 33.7 Å². The number of aromatic nitrogens is 1. The average molecular weight is 319 g/mol. The first-order valence-electron chi connectivity index (χ1n) is 6.36. The zero-order valence-electron chi connectivity index (χ0n) is 11.0. The molecule has 1 aromatic heterocycles. The van der Waals surface area contributed by atoms with Crippen LogP contribution in [0.25, 0.3) is 10.9 Å². The van der Waals surface area contributed by atoms with Crippen molar-refractivity contribution in [3.8, 4) is 5.75 Å². The summed E-state index contributed by atoms with van der Waals surface area (Å²) in [5, 5.41) is 1.94. The van der Waals surface area contributed by atoms with Crippen molar-refractivity contribution < 1.29 is 4.74 Å². The quantitative estimate of drug-likeness (QED) is 0.761. The molecule has 0 saturated heterocycles. The van der Waals surface area contributed by atoms with E-state index in [9.17, 15) is 0 Å². The smallest absolute Gasteiger partial charge is 0.156 e. The summed E-state index contributed by atoms with van der Waals surface area (Å²) in [7, 11) is 0. The topological polar surface area (TPSA) is 48.1 Å². The highest BCUT2D eigenvalue weighted by Gasteiger charge is 2.09. The van der Waals surface area contributed by atoms with Gasteiger partial charge in [0, 0.05) is 10.9 Å². The molecule has 2 N–H and O–H groups in total. The van der Waals surface area contributed by atoms with Crippen molar-refractivity contribution in [2.75, 3.05) is 5.73 Å². The van der Waals surface area contributed by atoms with E-state index < -0.39 is 0 Å². The van der Waals surface area contributed by atoms with Gasteiger partial charge in [-0.2, -0.15) is 0 Å². The van der Waals surface area contributed by atoms with E-state index in [0.717, 1.165) is 16.5 Å². The summed E-state index contributed by atoms with van der Waals surface area (Å²) >= 11 is 12.1. The van der Waals surface area contributed by atoms with Gasteiger partial charge in [-0.15, -0.1) is 0 Å². The SMILES string of the molecule is Nc1nc2ccccc2cc1COc1c(Cl)cccc1Cl. The van der Waals surface area contributed by atoms with Crippen LogP contribution < -0.4 is 10.5 Å². The fourth-order valence-electron chi connectivity index (χ4n) is 2.06. The summed E-state index contributed by atoms with van der Waals surface area (Å²) < 4.78 is 5.70. The molecule has 0 saturated carbocycles. The van der Waals surface area contributed by atoms with Crippen molar-refractivity contribution in [1.29, 1.82) is 0 Å². The molecule has 5 heteroatoms. The van der Waals surface area contributed by atoms with E-state index in [1.165, 1.54) is 0 Å². The molecule has 3 rings (SSSR count). The van der Waals surface area contributed by atoms with Crippen LogP contribution in [0.2, 0.25) is 10.0 Å². The molecule has 0 amide bonds. The number of benzene rings is 2. The van der Waals surface area contributed by atoms with E-state index in [1.54, 1.807) is 18.2 Å². The van der Waals surface area contributed by atoms with Crippen molar-refractivity contribution in [1.82, 2.24) is 4.98 Å². The number of hydrogen-bond acceptors (Lipinski definition) is 3. The number of pyridine rings is 1. The van der Waals surface area contributed by atoms with Gasteiger partial charge < -0.3 is 10.5 Å². The van der Waals surface area contributed by atoms with Gasteiger partial charge in [-0.25, -0.2) is 4.98 Å². The average Bonchev–Trinajstić information content (AvgIpc) is 2.47. The number of fused-ring (bicyclic) bond motifs is 1. The van der Waals surface area contributed by atoms with Crippen LogP contribution in [0.1, 0.15) is 5.56 Å². The summed E-state index contributed by atoms with van der Waals surface area (Å²) in [5.41, 5.74) is 7.62. The van der Waals surface area contributed by atoms with Gasteiger partial charge in [-0.3, -0.25) is 0 Å². The van der Waals surface area contributed by atoms with E-state index in [0.29, 0.717) is 21.6 Å². The molecule has 0 bridgehead atoms. The molecule has 3 nitrogen and oxygen atoms in total. The molecule has 1 heterocycles. The van der Waals surface area contributed by atoms with E-state index in [2.05, 4.69) is 4.98 Å². The Balaban J connectivity index is 1.90. The predicted molar refractivity (Wildman–Crippen MR) is 86.9 cm³/mol. The van der Waals surface area contributed by atoms with Crippen LogP contribution in [-0.2, 0) is 6.61 Å². The second kappa shape index (κ2) is 5.80. The minimum absolute atomic E-state index is 0.257. The summed E-state index contributed by atoms with van der Waals surface area (Å²) in [5.74, 6) is 0.894. The molecule has 0 aliphatic rings. The summed E-state index contributed by atoms with van der Waals surface area (Å²) in [6.07, 6.45) is 0. The molecule has 0 fully saturated rings. The zero-order valence-corrected chi connectivity index (χ0v) is 12.5. The lowest BCUT2D eigenvalue weighted by atomic mass is 10.1. The number of nitrogens with two attached hydrogens (primary N) is 1. The Labute approximate surface area is 132 Å². The van der Waals surface area contributed by atoms with Crippen LogP contribution in [-0.4, -0.2) is 4.98 Å².